The first kappa shape index (κ1) is 18.5. The molecule has 8 nitrogen and oxygen atoms in total. The largest absolute Gasteiger partial charge is 0.493 e. The number of nitrogens with zero attached hydrogens (tertiary/aromatic N) is 4. The molecule has 1 saturated heterocycles. The molecule has 1 aliphatic rings. The molecule has 0 bridgehead atoms. The summed E-state index contributed by atoms with van der Waals surface area (Å²) in [6, 6.07) is 6.04. The van der Waals surface area contributed by atoms with Crippen molar-refractivity contribution in [2.45, 2.75) is 26.7 Å². The number of aryl methyl sites for hydroxylation is 1. The lowest BCUT2D eigenvalue weighted by Gasteiger charge is -2.30. The van der Waals surface area contributed by atoms with Crippen LogP contribution < -0.4 is 16.2 Å². The number of imidazole rings is 1. The van der Waals surface area contributed by atoms with Crippen molar-refractivity contribution in [2.24, 2.45) is 5.92 Å². The van der Waals surface area contributed by atoms with Crippen molar-refractivity contribution in [1.29, 1.82) is 0 Å². The highest BCUT2D eigenvalue weighted by Crippen LogP contribution is 2.28. The normalized spacial score (nSPS) is 15.9. The number of nitrogens with one attached hydrogen (secondary N) is 1. The van der Waals surface area contributed by atoms with Crippen LogP contribution in [0.25, 0.3) is 22.6 Å². The van der Waals surface area contributed by atoms with Gasteiger partial charge in [0.1, 0.15) is 11.6 Å². The molecule has 0 atom stereocenters. The maximum Gasteiger partial charge on any atom is 0.224 e. The second-order valence-electron chi connectivity index (χ2n) is 7.42. The van der Waals surface area contributed by atoms with E-state index in [0.29, 0.717) is 22.9 Å². The third-order valence-corrected chi connectivity index (χ3v) is 5.48. The quantitative estimate of drug-likeness (QED) is 0.621. The van der Waals surface area contributed by atoms with Crippen LogP contribution in [0.1, 0.15) is 25.3 Å². The fraction of sp³-hybridized carbons (Fsp3) is 0.450. The maximum absolute atomic E-state index is 6.07. The Morgan fingerprint density at radius 1 is 1.18 bits per heavy atom. The van der Waals surface area contributed by atoms with Crippen LogP contribution in [-0.4, -0.2) is 51.1 Å². The molecule has 3 heterocycles. The minimum atomic E-state index is 0.130. The number of ether oxygens (including phenoxy) is 1. The molecule has 5 N–H and O–H groups in total. The second-order valence-corrected chi connectivity index (χ2v) is 7.42. The van der Waals surface area contributed by atoms with Crippen LogP contribution >= 0.6 is 0 Å². The van der Waals surface area contributed by atoms with E-state index < -0.39 is 0 Å². The van der Waals surface area contributed by atoms with Gasteiger partial charge in [-0.1, -0.05) is 6.92 Å². The number of nitrogens with two attached hydrogens (primary N) is 2. The third-order valence-electron chi connectivity index (χ3n) is 5.48. The van der Waals surface area contributed by atoms with Crippen molar-refractivity contribution >= 4 is 22.9 Å². The van der Waals surface area contributed by atoms with Gasteiger partial charge in [-0.2, -0.15) is 9.97 Å². The molecule has 1 aliphatic heterocycles. The van der Waals surface area contributed by atoms with E-state index in [1.54, 1.807) is 0 Å². The number of piperidine rings is 1. The van der Waals surface area contributed by atoms with Crippen molar-refractivity contribution < 1.29 is 4.74 Å². The number of likely N-dealkylation sites (tertiary alicyclic amines) is 1. The van der Waals surface area contributed by atoms with Crippen LogP contribution in [0.15, 0.2) is 18.2 Å². The SMILES string of the molecule is CCN1CCC(COc2ccc(-c3nc4c(N)nc(N)nc4[nH]3)c(C)c2)CC1. The molecule has 0 saturated carbocycles. The van der Waals surface area contributed by atoms with Crippen LogP contribution in [0.4, 0.5) is 11.8 Å². The zero-order chi connectivity index (χ0) is 19.7. The van der Waals surface area contributed by atoms with Gasteiger partial charge in [0.05, 0.1) is 6.61 Å². The molecule has 8 heteroatoms. The number of aromatic nitrogens is 4. The number of fused-ring (bicyclic) bond motifs is 1. The molecule has 148 valence electrons. The Hall–Kier alpha value is -2.87. The number of H-pyrrole nitrogens is 1. The summed E-state index contributed by atoms with van der Waals surface area (Å²) in [5.41, 5.74) is 14.7. The predicted octanol–water partition coefficient (Wildman–Crippen LogP) is 2.60. The number of hydrogen-bond donors (Lipinski definition) is 3. The van der Waals surface area contributed by atoms with E-state index in [1.807, 2.05) is 25.1 Å². The van der Waals surface area contributed by atoms with E-state index in [0.717, 1.165) is 30.0 Å². The van der Waals surface area contributed by atoms with Crippen LogP contribution in [0.2, 0.25) is 0 Å². The summed E-state index contributed by atoms with van der Waals surface area (Å²) in [5, 5.41) is 0. The van der Waals surface area contributed by atoms with Gasteiger partial charge in [-0.05, 0) is 69.1 Å². The fourth-order valence-electron chi connectivity index (χ4n) is 3.74. The zero-order valence-electron chi connectivity index (χ0n) is 16.4. The number of hydrogen-bond acceptors (Lipinski definition) is 7. The van der Waals surface area contributed by atoms with E-state index >= 15 is 0 Å². The molecule has 0 unspecified atom stereocenters. The third kappa shape index (κ3) is 3.73. The molecular weight excluding hydrogens is 354 g/mol. The van der Waals surface area contributed by atoms with Gasteiger partial charge >= 0.3 is 0 Å². The van der Waals surface area contributed by atoms with Crippen molar-refractivity contribution in [1.82, 2.24) is 24.8 Å². The zero-order valence-corrected chi connectivity index (χ0v) is 16.4. The van der Waals surface area contributed by atoms with Crippen LogP contribution in [0.3, 0.4) is 0 Å². The summed E-state index contributed by atoms with van der Waals surface area (Å²) in [6.45, 7) is 8.51. The number of rotatable bonds is 5. The summed E-state index contributed by atoms with van der Waals surface area (Å²) in [7, 11) is 0. The van der Waals surface area contributed by atoms with E-state index in [-0.39, 0.29) is 11.8 Å². The molecule has 0 aliphatic carbocycles. The van der Waals surface area contributed by atoms with Gasteiger partial charge in [0.15, 0.2) is 17.0 Å². The Morgan fingerprint density at radius 2 is 1.96 bits per heavy atom. The average molecular weight is 381 g/mol. The van der Waals surface area contributed by atoms with E-state index in [9.17, 15) is 0 Å². The number of anilines is 2. The Morgan fingerprint density at radius 3 is 2.68 bits per heavy atom. The first-order chi connectivity index (χ1) is 13.5. The van der Waals surface area contributed by atoms with Gasteiger partial charge in [-0.25, -0.2) is 4.98 Å². The highest BCUT2D eigenvalue weighted by atomic mass is 16.5. The van der Waals surface area contributed by atoms with Crippen molar-refractivity contribution in [3.8, 4) is 17.1 Å². The minimum absolute atomic E-state index is 0.130. The fourth-order valence-corrected chi connectivity index (χ4v) is 3.74. The van der Waals surface area contributed by atoms with Crippen molar-refractivity contribution in [3.63, 3.8) is 0 Å². The van der Waals surface area contributed by atoms with Crippen LogP contribution in [-0.2, 0) is 0 Å². The van der Waals surface area contributed by atoms with E-state index in [1.165, 1.54) is 25.9 Å². The highest BCUT2D eigenvalue weighted by molar-refractivity contribution is 5.85. The second kappa shape index (κ2) is 7.63. The first-order valence-electron chi connectivity index (χ1n) is 9.78. The summed E-state index contributed by atoms with van der Waals surface area (Å²) in [4.78, 5) is 18.3. The lowest BCUT2D eigenvalue weighted by atomic mass is 9.98. The highest BCUT2D eigenvalue weighted by Gasteiger charge is 2.19. The maximum atomic E-state index is 6.07. The summed E-state index contributed by atoms with van der Waals surface area (Å²) >= 11 is 0. The van der Waals surface area contributed by atoms with E-state index in [4.69, 9.17) is 16.2 Å². The van der Waals surface area contributed by atoms with Gasteiger partial charge in [0.25, 0.3) is 0 Å². The molecule has 4 rings (SSSR count). The van der Waals surface area contributed by atoms with Gasteiger partial charge < -0.3 is 26.1 Å². The number of aromatic amines is 1. The molecule has 1 fully saturated rings. The first-order valence-corrected chi connectivity index (χ1v) is 9.78. The van der Waals surface area contributed by atoms with E-state index in [2.05, 4.69) is 31.8 Å². The van der Waals surface area contributed by atoms with Gasteiger partial charge in [0, 0.05) is 5.56 Å². The molecule has 1 aromatic carbocycles. The average Bonchev–Trinajstić information content (AvgIpc) is 3.11. The van der Waals surface area contributed by atoms with Gasteiger partial charge in [-0.3, -0.25) is 0 Å². The molecule has 3 aromatic rings. The van der Waals surface area contributed by atoms with Gasteiger partial charge in [-0.15, -0.1) is 0 Å². The molecule has 0 radical (unpaired) electrons. The predicted molar refractivity (Wildman–Crippen MR) is 111 cm³/mol. The molecule has 2 aromatic heterocycles. The molecular formula is C20H27N7O. The Balaban J connectivity index is 1.47. The van der Waals surface area contributed by atoms with Gasteiger partial charge in [0.2, 0.25) is 5.95 Å². The topological polar surface area (TPSA) is 119 Å². The Kier molecular flexibility index (Phi) is 5.04. The standard InChI is InChI=1S/C20H27N7O/c1-3-27-8-6-13(7-9-27)11-28-14-4-5-15(12(2)10-14)18-23-16-17(21)24-20(22)26-19(16)25-18/h4-5,10,13H,3,6-9,11H2,1-2H3,(H5,21,22,23,24,25,26). The number of benzene rings is 1. The van der Waals surface area contributed by atoms with Crippen LogP contribution in [0.5, 0.6) is 5.75 Å². The lowest BCUT2D eigenvalue weighted by Crippen LogP contribution is -2.35. The Bertz CT molecular complexity index is 976. The summed E-state index contributed by atoms with van der Waals surface area (Å²) in [5.74, 6) is 2.61. The van der Waals surface area contributed by atoms with Crippen molar-refractivity contribution in [2.75, 3.05) is 37.7 Å². The number of nitrogen functional groups attached to an aromatic ring is 2. The van der Waals surface area contributed by atoms with Crippen LogP contribution in [0, 0.1) is 12.8 Å². The molecule has 0 amide bonds. The van der Waals surface area contributed by atoms with Crippen molar-refractivity contribution in [3.05, 3.63) is 23.8 Å². The monoisotopic (exact) mass is 381 g/mol. The smallest absolute Gasteiger partial charge is 0.224 e. The molecule has 28 heavy (non-hydrogen) atoms. The molecule has 0 spiro atoms. The minimum Gasteiger partial charge on any atom is -0.493 e. The lowest BCUT2D eigenvalue weighted by molar-refractivity contribution is 0.146. The Labute approximate surface area is 164 Å². The summed E-state index contributed by atoms with van der Waals surface area (Å²) < 4.78 is 6.07. The summed E-state index contributed by atoms with van der Waals surface area (Å²) in [6.07, 6.45) is 2.41.